The predicted octanol–water partition coefficient (Wildman–Crippen LogP) is 3.92. The average molecular weight is 426 g/mol. The maximum absolute atomic E-state index is 12.5. The summed E-state index contributed by atoms with van der Waals surface area (Å²) in [7, 11) is 1.39. The highest BCUT2D eigenvalue weighted by atomic mass is 16.6. The van der Waals surface area contributed by atoms with Crippen molar-refractivity contribution in [2.75, 3.05) is 7.11 Å². The van der Waals surface area contributed by atoms with Crippen molar-refractivity contribution in [3.05, 3.63) is 71.8 Å². The van der Waals surface area contributed by atoms with Crippen molar-refractivity contribution in [2.24, 2.45) is 5.92 Å². The molecule has 1 aliphatic heterocycles. The molecule has 1 amide bonds. The average Bonchev–Trinajstić information content (AvgIpc) is 3.52. The number of epoxide rings is 1. The van der Waals surface area contributed by atoms with Crippen molar-refractivity contribution in [3.8, 4) is 0 Å². The first kappa shape index (κ1) is 22.8. The SMILES string of the molecule is COC(=O)[C@@H](Cc1ccccc1)[C@H]1O[C@@H]1[C@H](Cc1ccccc1)NC(=O)OC(C)(C)C. The van der Waals surface area contributed by atoms with Crippen LogP contribution in [-0.2, 0) is 31.8 Å². The minimum absolute atomic E-state index is 0.305. The zero-order valence-corrected chi connectivity index (χ0v) is 18.5. The van der Waals surface area contributed by atoms with Gasteiger partial charge in [0.25, 0.3) is 0 Å². The van der Waals surface area contributed by atoms with E-state index in [0.29, 0.717) is 12.8 Å². The Bertz CT molecular complexity index is 862. The van der Waals surface area contributed by atoms with Crippen LogP contribution in [0.4, 0.5) is 4.79 Å². The molecular weight excluding hydrogens is 394 g/mol. The molecule has 166 valence electrons. The van der Waals surface area contributed by atoms with Gasteiger partial charge in [-0.1, -0.05) is 60.7 Å². The second-order valence-corrected chi connectivity index (χ2v) is 8.83. The molecule has 2 aromatic rings. The van der Waals surface area contributed by atoms with Crippen molar-refractivity contribution in [2.45, 2.75) is 57.5 Å². The van der Waals surface area contributed by atoms with Crippen LogP contribution in [-0.4, -0.2) is 43.0 Å². The van der Waals surface area contributed by atoms with E-state index >= 15 is 0 Å². The number of carbonyl (C=O) groups excluding carboxylic acids is 2. The van der Waals surface area contributed by atoms with Gasteiger partial charge in [0.15, 0.2) is 0 Å². The van der Waals surface area contributed by atoms with E-state index in [4.69, 9.17) is 14.2 Å². The summed E-state index contributed by atoms with van der Waals surface area (Å²) in [6, 6.07) is 19.3. The number of alkyl carbamates (subject to hydrolysis) is 1. The molecular formula is C25H31NO5. The molecule has 6 nitrogen and oxygen atoms in total. The molecule has 0 unspecified atom stereocenters. The van der Waals surface area contributed by atoms with Crippen molar-refractivity contribution < 1.29 is 23.8 Å². The van der Waals surface area contributed by atoms with Crippen LogP contribution in [0.2, 0.25) is 0 Å². The first-order valence-corrected chi connectivity index (χ1v) is 10.6. The fraction of sp³-hybridized carbons (Fsp3) is 0.440. The highest BCUT2D eigenvalue weighted by Gasteiger charge is 2.52. The smallest absolute Gasteiger partial charge is 0.407 e. The molecule has 1 heterocycles. The van der Waals surface area contributed by atoms with Gasteiger partial charge in [0.2, 0.25) is 0 Å². The molecule has 3 rings (SSSR count). The lowest BCUT2D eigenvalue weighted by Crippen LogP contribution is -2.44. The topological polar surface area (TPSA) is 77.2 Å². The van der Waals surface area contributed by atoms with E-state index in [9.17, 15) is 9.59 Å². The molecule has 0 aromatic heterocycles. The number of carbonyl (C=O) groups is 2. The fourth-order valence-electron chi connectivity index (χ4n) is 3.71. The summed E-state index contributed by atoms with van der Waals surface area (Å²) >= 11 is 0. The van der Waals surface area contributed by atoms with E-state index in [1.807, 2.05) is 81.4 Å². The number of benzene rings is 2. The quantitative estimate of drug-likeness (QED) is 0.512. The summed E-state index contributed by atoms with van der Waals surface area (Å²) in [5, 5.41) is 2.95. The van der Waals surface area contributed by atoms with E-state index in [0.717, 1.165) is 11.1 Å². The lowest BCUT2D eigenvalue weighted by Gasteiger charge is -2.23. The summed E-state index contributed by atoms with van der Waals surface area (Å²) in [5.74, 6) is -0.761. The highest BCUT2D eigenvalue weighted by Crippen LogP contribution is 2.36. The number of ether oxygens (including phenoxy) is 3. The number of hydrogen-bond donors (Lipinski definition) is 1. The zero-order chi connectivity index (χ0) is 22.4. The number of amides is 1. The van der Waals surface area contributed by atoms with Gasteiger partial charge in [-0.15, -0.1) is 0 Å². The van der Waals surface area contributed by atoms with Gasteiger partial charge in [-0.25, -0.2) is 4.79 Å². The van der Waals surface area contributed by atoms with Gasteiger partial charge >= 0.3 is 12.1 Å². The molecule has 1 aliphatic rings. The number of methoxy groups -OCH3 is 1. The third kappa shape index (κ3) is 6.82. The number of nitrogens with one attached hydrogen (secondary N) is 1. The summed E-state index contributed by atoms with van der Waals surface area (Å²) in [4.78, 5) is 25.0. The molecule has 0 aliphatic carbocycles. The molecule has 0 spiro atoms. The summed E-state index contributed by atoms with van der Waals surface area (Å²) in [6.07, 6.45) is -0.0585. The Morgan fingerprint density at radius 1 is 0.935 bits per heavy atom. The van der Waals surface area contributed by atoms with Gasteiger partial charge in [0.1, 0.15) is 11.7 Å². The summed E-state index contributed by atoms with van der Waals surface area (Å²) < 4.78 is 16.5. The summed E-state index contributed by atoms with van der Waals surface area (Å²) in [5.41, 5.74) is 1.50. The molecule has 1 saturated heterocycles. The highest BCUT2D eigenvalue weighted by molar-refractivity contribution is 5.74. The molecule has 2 aromatic carbocycles. The Balaban J connectivity index is 1.75. The van der Waals surface area contributed by atoms with Crippen LogP contribution in [0.3, 0.4) is 0 Å². The zero-order valence-electron chi connectivity index (χ0n) is 18.5. The Hall–Kier alpha value is -2.86. The molecule has 0 radical (unpaired) electrons. The van der Waals surface area contributed by atoms with E-state index in [1.165, 1.54) is 7.11 Å². The first-order valence-electron chi connectivity index (χ1n) is 10.6. The molecule has 4 atom stereocenters. The minimum atomic E-state index is -0.604. The lowest BCUT2D eigenvalue weighted by atomic mass is 9.91. The van der Waals surface area contributed by atoms with Crippen LogP contribution >= 0.6 is 0 Å². The van der Waals surface area contributed by atoms with Gasteiger partial charge in [-0.05, 0) is 44.7 Å². The van der Waals surface area contributed by atoms with Crippen LogP contribution in [0.1, 0.15) is 31.9 Å². The van der Waals surface area contributed by atoms with Crippen LogP contribution in [0, 0.1) is 5.92 Å². The van der Waals surface area contributed by atoms with Crippen LogP contribution in [0.15, 0.2) is 60.7 Å². The van der Waals surface area contributed by atoms with E-state index in [2.05, 4.69) is 5.32 Å². The number of esters is 1. The monoisotopic (exact) mass is 425 g/mol. The van der Waals surface area contributed by atoms with Crippen molar-refractivity contribution in [1.29, 1.82) is 0 Å². The molecule has 6 heteroatoms. The second kappa shape index (κ2) is 9.96. The van der Waals surface area contributed by atoms with Crippen LogP contribution in [0.25, 0.3) is 0 Å². The molecule has 0 saturated carbocycles. The molecule has 1 fully saturated rings. The van der Waals surface area contributed by atoms with Crippen molar-refractivity contribution in [3.63, 3.8) is 0 Å². The van der Waals surface area contributed by atoms with Crippen molar-refractivity contribution in [1.82, 2.24) is 5.32 Å². The maximum Gasteiger partial charge on any atom is 0.407 e. The molecule has 0 bridgehead atoms. The molecule has 31 heavy (non-hydrogen) atoms. The maximum atomic E-state index is 12.5. The van der Waals surface area contributed by atoms with Gasteiger partial charge in [0.05, 0.1) is 25.2 Å². The molecule has 1 N–H and O–H groups in total. The standard InChI is InChI=1S/C25H31NO5/c1-25(2,3)31-24(28)26-20(16-18-13-9-6-10-14-18)22-21(30-22)19(23(27)29-4)15-17-11-7-5-8-12-17/h5-14,19-22H,15-16H2,1-4H3,(H,26,28)/t19-,20-,21+,22+/m0/s1. The largest absolute Gasteiger partial charge is 0.469 e. The lowest BCUT2D eigenvalue weighted by molar-refractivity contribution is -0.146. The van der Waals surface area contributed by atoms with Crippen LogP contribution < -0.4 is 5.32 Å². The minimum Gasteiger partial charge on any atom is -0.469 e. The van der Waals surface area contributed by atoms with E-state index < -0.39 is 17.6 Å². The number of rotatable bonds is 8. The third-order valence-corrected chi connectivity index (χ3v) is 5.16. The van der Waals surface area contributed by atoms with Crippen LogP contribution in [0.5, 0.6) is 0 Å². The van der Waals surface area contributed by atoms with E-state index in [-0.39, 0.29) is 24.2 Å². The predicted molar refractivity (Wildman–Crippen MR) is 118 cm³/mol. The van der Waals surface area contributed by atoms with Gasteiger partial charge in [-0.2, -0.15) is 0 Å². The van der Waals surface area contributed by atoms with E-state index in [1.54, 1.807) is 0 Å². The first-order chi connectivity index (χ1) is 14.8. The Kier molecular flexibility index (Phi) is 7.33. The third-order valence-electron chi connectivity index (χ3n) is 5.16. The van der Waals surface area contributed by atoms with Gasteiger partial charge in [-0.3, -0.25) is 4.79 Å². The Morgan fingerprint density at radius 3 is 2.00 bits per heavy atom. The van der Waals surface area contributed by atoms with Crippen molar-refractivity contribution >= 4 is 12.1 Å². The normalized spacial score (nSPS) is 19.7. The Labute approximate surface area is 183 Å². The fourth-order valence-corrected chi connectivity index (χ4v) is 3.71. The van der Waals surface area contributed by atoms with Gasteiger partial charge < -0.3 is 19.5 Å². The second-order valence-electron chi connectivity index (χ2n) is 8.83. The summed E-state index contributed by atoms with van der Waals surface area (Å²) in [6.45, 7) is 5.47. The van der Waals surface area contributed by atoms with Gasteiger partial charge in [0, 0.05) is 0 Å². The Morgan fingerprint density at radius 2 is 1.48 bits per heavy atom. The number of hydrogen-bond acceptors (Lipinski definition) is 5.